The highest BCUT2D eigenvalue weighted by atomic mass is 32.1. The first-order valence-electron chi connectivity index (χ1n) is 7.50. The first-order valence-corrected chi connectivity index (χ1v) is 8.31. The molecule has 1 heterocycles. The number of nitrogens with zero attached hydrogens (tertiary/aromatic N) is 2. The van der Waals surface area contributed by atoms with Crippen LogP contribution in [0.25, 0.3) is 10.2 Å². The summed E-state index contributed by atoms with van der Waals surface area (Å²) in [5.41, 5.74) is 3.27. The lowest BCUT2D eigenvalue weighted by molar-refractivity contribution is -0.117. The van der Waals surface area contributed by atoms with Gasteiger partial charge in [0, 0.05) is 6.54 Å². The SMILES string of the molecule is C=CCn1c(=NC(=O)Cc2ccccc2)sc2cc(C)ccc21. The van der Waals surface area contributed by atoms with Crippen molar-refractivity contribution < 1.29 is 4.79 Å². The number of aryl methyl sites for hydroxylation is 1. The van der Waals surface area contributed by atoms with E-state index in [1.807, 2.05) is 41.0 Å². The van der Waals surface area contributed by atoms with Gasteiger partial charge in [0.2, 0.25) is 0 Å². The average Bonchev–Trinajstić information content (AvgIpc) is 2.85. The van der Waals surface area contributed by atoms with Crippen LogP contribution < -0.4 is 4.80 Å². The van der Waals surface area contributed by atoms with Crippen molar-refractivity contribution in [2.24, 2.45) is 4.99 Å². The fourth-order valence-electron chi connectivity index (χ4n) is 2.49. The summed E-state index contributed by atoms with van der Waals surface area (Å²) >= 11 is 1.54. The Labute approximate surface area is 139 Å². The molecule has 0 radical (unpaired) electrons. The van der Waals surface area contributed by atoms with Gasteiger partial charge in [-0.25, -0.2) is 0 Å². The second kappa shape index (κ2) is 6.75. The van der Waals surface area contributed by atoms with Crippen molar-refractivity contribution in [1.82, 2.24) is 4.57 Å². The van der Waals surface area contributed by atoms with Gasteiger partial charge in [0.05, 0.1) is 16.6 Å². The molecule has 3 rings (SSSR count). The molecule has 2 aromatic carbocycles. The lowest BCUT2D eigenvalue weighted by Gasteiger charge is -2.01. The third-order valence-electron chi connectivity index (χ3n) is 3.57. The zero-order valence-corrected chi connectivity index (χ0v) is 13.8. The molecule has 0 spiro atoms. The van der Waals surface area contributed by atoms with Gasteiger partial charge < -0.3 is 4.57 Å². The van der Waals surface area contributed by atoms with Gasteiger partial charge in [-0.1, -0.05) is 53.8 Å². The average molecular weight is 322 g/mol. The fourth-order valence-corrected chi connectivity index (χ4v) is 3.64. The Morgan fingerprint density at radius 1 is 1.26 bits per heavy atom. The zero-order chi connectivity index (χ0) is 16.2. The molecule has 4 heteroatoms. The van der Waals surface area contributed by atoms with Crippen LogP contribution in [0.4, 0.5) is 0 Å². The Morgan fingerprint density at radius 3 is 2.78 bits per heavy atom. The minimum atomic E-state index is -0.128. The first-order chi connectivity index (χ1) is 11.2. The monoisotopic (exact) mass is 322 g/mol. The van der Waals surface area contributed by atoms with Crippen LogP contribution in [0.2, 0.25) is 0 Å². The highest BCUT2D eigenvalue weighted by molar-refractivity contribution is 7.16. The van der Waals surface area contributed by atoms with Gasteiger partial charge in [0.1, 0.15) is 0 Å². The molecular weight excluding hydrogens is 304 g/mol. The molecule has 0 unspecified atom stereocenters. The number of carbonyl (C=O) groups is 1. The summed E-state index contributed by atoms with van der Waals surface area (Å²) in [6.45, 7) is 6.51. The fraction of sp³-hybridized carbons (Fsp3) is 0.158. The number of benzene rings is 2. The Bertz CT molecular complexity index is 919. The van der Waals surface area contributed by atoms with Crippen LogP contribution in [0, 0.1) is 6.92 Å². The van der Waals surface area contributed by atoms with E-state index < -0.39 is 0 Å². The number of allylic oxidation sites excluding steroid dienone is 1. The summed E-state index contributed by atoms with van der Waals surface area (Å²) < 4.78 is 3.17. The Balaban J connectivity index is 2.02. The highest BCUT2D eigenvalue weighted by Crippen LogP contribution is 2.19. The topological polar surface area (TPSA) is 34.4 Å². The first kappa shape index (κ1) is 15.4. The van der Waals surface area contributed by atoms with E-state index in [0.717, 1.165) is 20.6 Å². The van der Waals surface area contributed by atoms with Crippen molar-refractivity contribution in [2.75, 3.05) is 0 Å². The van der Waals surface area contributed by atoms with Crippen molar-refractivity contribution in [3.05, 3.63) is 77.1 Å². The predicted molar refractivity (Wildman–Crippen MR) is 95.5 cm³/mol. The molecule has 1 aromatic heterocycles. The number of hydrogen-bond acceptors (Lipinski definition) is 2. The molecule has 23 heavy (non-hydrogen) atoms. The molecule has 1 amide bonds. The van der Waals surface area contributed by atoms with Gasteiger partial charge in [-0.3, -0.25) is 4.79 Å². The maximum absolute atomic E-state index is 12.3. The largest absolute Gasteiger partial charge is 0.313 e. The van der Waals surface area contributed by atoms with Crippen LogP contribution in [-0.4, -0.2) is 10.5 Å². The van der Waals surface area contributed by atoms with E-state index >= 15 is 0 Å². The van der Waals surface area contributed by atoms with E-state index in [4.69, 9.17) is 0 Å². The van der Waals surface area contributed by atoms with E-state index in [9.17, 15) is 4.79 Å². The van der Waals surface area contributed by atoms with Crippen molar-refractivity contribution in [2.45, 2.75) is 19.9 Å². The molecule has 0 saturated heterocycles. The van der Waals surface area contributed by atoms with Gasteiger partial charge in [-0.05, 0) is 30.2 Å². The molecule has 0 aliphatic rings. The van der Waals surface area contributed by atoms with Crippen LogP contribution in [0.3, 0.4) is 0 Å². The quantitative estimate of drug-likeness (QED) is 0.672. The summed E-state index contributed by atoms with van der Waals surface area (Å²) in [4.78, 5) is 17.3. The maximum Gasteiger partial charge on any atom is 0.252 e. The molecule has 0 atom stereocenters. The van der Waals surface area contributed by atoms with E-state index in [2.05, 4.69) is 36.7 Å². The highest BCUT2D eigenvalue weighted by Gasteiger charge is 2.07. The number of rotatable bonds is 4. The summed E-state index contributed by atoms with van der Waals surface area (Å²) in [6, 6.07) is 16.0. The second-order valence-electron chi connectivity index (χ2n) is 5.42. The number of thiazole rings is 1. The molecule has 3 nitrogen and oxygen atoms in total. The zero-order valence-electron chi connectivity index (χ0n) is 13.0. The molecule has 0 aliphatic heterocycles. The van der Waals surface area contributed by atoms with Crippen LogP contribution in [0.5, 0.6) is 0 Å². The minimum absolute atomic E-state index is 0.128. The smallest absolute Gasteiger partial charge is 0.252 e. The molecule has 0 N–H and O–H groups in total. The molecule has 0 bridgehead atoms. The third kappa shape index (κ3) is 3.48. The molecule has 0 saturated carbocycles. The standard InChI is InChI=1S/C19H18N2OS/c1-3-11-21-16-10-9-14(2)12-17(16)23-19(21)20-18(22)13-15-7-5-4-6-8-15/h3-10,12H,1,11,13H2,2H3. The van der Waals surface area contributed by atoms with Crippen molar-refractivity contribution >= 4 is 27.5 Å². The van der Waals surface area contributed by atoms with Crippen molar-refractivity contribution in [1.29, 1.82) is 0 Å². The minimum Gasteiger partial charge on any atom is -0.313 e. The normalized spacial score (nSPS) is 11.8. The second-order valence-corrected chi connectivity index (χ2v) is 6.43. The summed E-state index contributed by atoms with van der Waals surface area (Å²) in [5, 5.41) is 0. The van der Waals surface area contributed by atoms with Crippen molar-refractivity contribution in [3.8, 4) is 0 Å². The number of fused-ring (bicyclic) bond motifs is 1. The Kier molecular flexibility index (Phi) is 4.53. The molecule has 0 aliphatic carbocycles. The summed E-state index contributed by atoms with van der Waals surface area (Å²) in [5.74, 6) is -0.128. The van der Waals surface area contributed by atoms with E-state index in [1.165, 1.54) is 5.56 Å². The predicted octanol–water partition coefficient (Wildman–Crippen LogP) is 3.87. The molecule has 116 valence electrons. The molecular formula is C19H18N2OS. The Hall–Kier alpha value is -2.46. The number of amides is 1. The van der Waals surface area contributed by atoms with Crippen LogP contribution in [0.15, 0.2) is 66.2 Å². The molecule has 0 fully saturated rings. The van der Waals surface area contributed by atoms with Gasteiger partial charge in [0.15, 0.2) is 4.80 Å². The number of hydrogen-bond donors (Lipinski definition) is 0. The summed E-state index contributed by atoms with van der Waals surface area (Å²) in [7, 11) is 0. The van der Waals surface area contributed by atoms with E-state index in [1.54, 1.807) is 11.3 Å². The summed E-state index contributed by atoms with van der Waals surface area (Å²) in [6.07, 6.45) is 2.15. The van der Waals surface area contributed by atoms with Crippen molar-refractivity contribution in [3.63, 3.8) is 0 Å². The maximum atomic E-state index is 12.3. The van der Waals surface area contributed by atoms with Crippen LogP contribution in [-0.2, 0) is 17.8 Å². The number of carbonyl (C=O) groups excluding carboxylic acids is 1. The van der Waals surface area contributed by atoms with E-state index in [-0.39, 0.29) is 5.91 Å². The Morgan fingerprint density at radius 2 is 2.04 bits per heavy atom. The van der Waals surface area contributed by atoms with Gasteiger partial charge >= 0.3 is 0 Å². The van der Waals surface area contributed by atoms with Crippen LogP contribution >= 0.6 is 11.3 Å². The number of aromatic nitrogens is 1. The van der Waals surface area contributed by atoms with Gasteiger partial charge in [-0.15, -0.1) is 6.58 Å². The van der Waals surface area contributed by atoms with E-state index in [0.29, 0.717) is 13.0 Å². The van der Waals surface area contributed by atoms with Gasteiger partial charge in [-0.2, -0.15) is 4.99 Å². The lowest BCUT2D eigenvalue weighted by atomic mass is 10.1. The molecule has 3 aromatic rings. The third-order valence-corrected chi connectivity index (χ3v) is 4.61. The lowest BCUT2D eigenvalue weighted by Crippen LogP contribution is -2.16. The van der Waals surface area contributed by atoms with Gasteiger partial charge in [0.25, 0.3) is 5.91 Å². The van der Waals surface area contributed by atoms with Crippen LogP contribution in [0.1, 0.15) is 11.1 Å².